The second-order valence-corrected chi connectivity index (χ2v) is 4.47. The molecule has 1 amide bonds. The third-order valence-electron chi connectivity index (χ3n) is 3.01. The fourth-order valence-electron chi connectivity index (χ4n) is 1.78. The molecule has 0 bridgehead atoms. The Labute approximate surface area is 109 Å². The average molecular weight is 250 g/mol. The number of nitrogens with one attached hydrogen (secondary N) is 1. The maximum atomic E-state index is 11.9. The van der Waals surface area contributed by atoms with Crippen LogP contribution in [0.2, 0.25) is 0 Å². The van der Waals surface area contributed by atoms with Crippen LogP contribution in [0.4, 0.5) is 5.69 Å². The fourth-order valence-corrected chi connectivity index (χ4v) is 1.78. The summed E-state index contributed by atoms with van der Waals surface area (Å²) in [5.74, 6) is 0.895. The molecule has 1 aromatic carbocycles. The second kappa shape index (κ2) is 7.01. The molecule has 1 atom stereocenters. The van der Waals surface area contributed by atoms with Crippen molar-refractivity contribution in [2.75, 3.05) is 19.0 Å². The Hall–Kier alpha value is -1.55. The van der Waals surface area contributed by atoms with E-state index in [0.717, 1.165) is 17.7 Å². The van der Waals surface area contributed by atoms with Gasteiger partial charge in [-0.3, -0.25) is 4.79 Å². The Bertz CT molecular complexity index is 401. The van der Waals surface area contributed by atoms with Gasteiger partial charge in [0, 0.05) is 6.42 Å². The summed E-state index contributed by atoms with van der Waals surface area (Å²) in [7, 11) is 1.59. The van der Waals surface area contributed by atoms with Gasteiger partial charge in [-0.2, -0.15) is 0 Å². The molecule has 0 saturated carbocycles. The molecule has 1 rings (SSSR count). The number of anilines is 1. The smallest absolute Gasteiger partial charge is 0.224 e. The third kappa shape index (κ3) is 4.04. The summed E-state index contributed by atoms with van der Waals surface area (Å²) in [4.78, 5) is 11.9. The Kier molecular flexibility index (Phi) is 5.65. The number of ether oxygens (including phenoxy) is 1. The number of benzene rings is 1. The van der Waals surface area contributed by atoms with Crippen molar-refractivity contribution in [3.05, 3.63) is 23.8 Å². The van der Waals surface area contributed by atoms with E-state index in [9.17, 15) is 4.79 Å². The van der Waals surface area contributed by atoms with Crippen molar-refractivity contribution < 1.29 is 9.53 Å². The van der Waals surface area contributed by atoms with Crippen LogP contribution >= 0.6 is 0 Å². The molecule has 1 aromatic rings. The van der Waals surface area contributed by atoms with Crippen molar-refractivity contribution in [2.24, 2.45) is 11.7 Å². The second-order valence-electron chi connectivity index (χ2n) is 4.47. The minimum atomic E-state index is -0.0174. The zero-order valence-electron chi connectivity index (χ0n) is 11.3. The Morgan fingerprint density at radius 3 is 2.78 bits per heavy atom. The normalized spacial score (nSPS) is 12.0. The summed E-state index contributed by atoms with van der Waals surface area (Å²) in [5.41, 5.74) is 7.40. The van der Waals surface area contributed by atoms with Gasteiger partial charge in [-0.05, 0) is 37.1 Å². The Balaban J connectivity index is 2.71. The highest BCUT2D eigenvalue weighted by Crippen LogP contribution is 2.25. The highest BCUT2D eigenvalue weighted by Gasteiger charge is 2.12. The summed E-state index contributed by atoms with van der Waals surface area (Å²) in [6.45, 7) is 4.55. The number of carbonyl (C=O) groups is 1. The molecule has 4 nitrogen and oxygen atoms in total. The maximum Gasteiger partial charge on any atom is 0.224 e. The fraction of sp³-hybridized carbons (Fsp3) is 0.500. The molecular weight excluding hydrogens is 228 g/mol. The summed E-state index contributed by atoms with van der Waals surface area (Å²) in [6.07, 6.45) is 1.36. The zero-order chi connectivity index (χ0) is 13.5. The molecular formula is C14H22N2O2. The van der Waals surface area contributed by atoms with Gasteiger partial charge in [-0.1, -0.05) is 19.4 Å². The number of hydrogen-bond acceptors (Lipinski definition) is 3. The SMILES string of the molecule is CCC(CN)CC(=O)Nc1cc(C)ccc1OC. The standard InChI is InChI=1S/C14H22N2O2/c1-4-11(9-15)8-14(17)16-12-7-10(2)5-6-13(12)18-3/h5-7,11H,4,8-9,15H2,1-3H3,(H,16,17). The highest BCUT2D eigenvalue weighted by atomic mass is 16.5. The minimum absolute atomic E-state index is 0.0174. The molecule has 0 aromatic heterocycles. The van der Waals surface area contributed by atoms with Crippen LogP contribution in [0.5, 0.6) is 5.75 Å². The van der Waals surface area contributed by atoms with E-state index in [4.69, 9.17) is 10.5 Å². The van der Waals surface area contributed by atoms with Crippen LogP contribution in [-0.4, -0.2) is 19.6 Å². The number of amides is 1. The lowest BCUT2D eigenvalue weighted by Gasteiger charge is -2.14. The van der Waals surface area contributed by atoms with Crippen molar-refractivity contribution in [1.82, 2.24) is 0 Å². The number of methoxy groups -OCH3 is 1. The van der Waals surface area contributed by atoms with Crippen molar-refractivity contribution in [3.8, 4) is 5.75 Å². The van der Waals surface area contributed by atoms with Crippen LogP contribution in [0.15, 0.2) is 18.2 Å². The molecule has 0 heterocycles. The van der Waals surface area contributed by atoms with Crippen molar-refractivity contribution in [2.45, 2.75) is 26.7 Å². The summed E-state index contributed by atoms with van der Waals surface area (Å²) in [6, 6.07) is 5.70. The summed E-state index contributed by atoms with van der Waals surface area (Å²) in [5, 5.41) is 2.88. The molecule has 0 fully saturated rings. The monoisotopic (exact) mass is 250 g/mol. The van der Waals surface area contributed by atoms with E-state index in [1.54, 1.807) is 7.11 Å². The largest absolute Gasteiger partial charge is 0.495 e. The van der Waals surface area contributed by atoms with Crippen molar-refractivity contribution >= 4 is 11.6 Å². The molecule has 0 spiro atoms. The lowest BCUT2D eigenvalue weighted by molar-refractivity contribution is -0.117. The molecule has 0 aliphatic heterocycles. The van der Waals surface area contributed by atoms with E-state index in [-0.39, 0.29) is 11.8 Å². The Morgan fingerprint density at radius 1 is 1.50 bits per heavy atom. The zero-order valence-corrected chi connectivity index (χ0v) is 11.3. The van der Waals surface area contributed by atoms with Gasteiger partial charge in [0.25, 0.3) is 0 Å². The maximum absolute atomic E-state index is 11.9. The van der Waals surface area contributed by atoms with Crippen LogP contribution in [-0.2, 0) is 4.79 Å². The molecule has 0 saturated heterocycles. The number of carbonyl (C=O) groups excluding carboxylic acids is 1. The topological polar surface area (TPSA) is 64.4 Å². The van der Waals surface area contributed by atoms with E-state index in [2.05, 4.69) is 5.32 Å². The van der Waals surface area contributed by atoms with Gasteiger partial charge in [-0.15, -0.1) is 0 Å². The van der Waals surface area contributed by atoms with Crippen LogP contribution < -0.4 is 15.8 Å². The molecule has 100 valence electrons. The van der Waals surface area contributed by atoms with Gasteiger partial charge in [0.05, 0.1) is 12.8 Å². The number of nitrogens with two attached hydrogens (primary N) is 1. The van der Waals surface area contributed by atoms with Crippen LogP contribution in [0, 0.1) is 12.8 Å². The number of aryl methyl sites for hydroxylation is 1. The first-order valence-corrected chi connectivity index (χ1v) is 6.25. The first kappa shape index (κ1) is 14.5. The molecule has 0 aliphatic carbocycles. The van der Waals surface area contributed by atoms with E-state index in [1.165, 1.54) is 0 Å². The highest BCUT2D eigenvalue weighted by molar-refractivity contribution is 5.92. The number of hydrogen-bond donors (Lipinski definition) is 2. The van der Waals surface area contributed by atoms with E-state index in [1.807, 2.05) is 32.0 Å². The van der Waals surface area contributed by atoms with Crippen LogP contribution in [0.1, 0.15) is 25.3 Å². The Morgan fingerprint density at radius 2 is 2.22 bits per heavy atom. The van der Waals surface area contributed by atoms with Gasteiger partial charge in [-0.25, -0.2) is 0 Å². The van der Waals surface area contributed by atoms with Gasteiger partial charge in [0.15, 0.2) is 0 Å². The summed E-state index contributed by atoms with van der Waals surface area (Å²) < 4.78 is 5.22. The van der Waals surface area contributed by atoms with E-state index in [0.29, 0.717) is 18.7 Å². The number of rotatable bonds is 6. The van der Waals surface area contributed by atoms with Gasteiger partial charge in [0.1, 0.15) is 5.75 Å². The van der Waals surface area contributed by atoms with Crippen molar-refractivity contribution in [1.29, 1.82) is 0 Å². The molecule has 3 N–H and O–H groups in total. The molecule has 0 radical (unpaired) electrons. The van der Waals surface area contributed by atoms with E-state index < -0.39 is 0 Å². The molecule has 18 heavy (non-hydrogen) atoms. The summed E-state index contributed by atoms with van der Waals surface area (Å²) >= 11 is 0. The third-order valence-corrected chi connectivity index (χ3v) is 3.01. The van der Waals surface area contributed by atoms with Crippen LogP contribution in [0.25, 0.3) is 0 Å². The first-order valence-electron chi connectivity index (χ1n) is 6.25. The quantitative estimate of drug-likeness (QED) is 0.814. The predicted molar refractivity (Wildman–Crippen MR) is 73.8 cm³/mol. The van der Waals surface area contributed by atoms with Gasteiger partial charge in [0.2, 0.25) is 5.91 Å². The first-order chi connectivity index (χ1) is 8.60. The van der Waals surface area contributed by atoms with E-state index >= 15 is 0 Å². The van der Waals surface area contributed by atoms with Crippen LogP contribution in [0.3, 0.4) is 0 Å². The van der Waals surface area contributed by atoms with Gasteiger partial charge >= 0.3 is 0 Å². The molecule has 4 heteroatoms. The lowest BCUT2D eigenvalue weighted by Crippen LogP contribution is -2.22. The molecule has 1 unspecified atom stereocenters. The minimum Gasteiger partial charge on any atom is -0.495 e. The average Bonchev–Trinajstić information content (AvgIpc) is 2.36. The van der Waals surface area contributed by atoms with Crippen molar-refractivity contribution in [3.63, 3.8) is 0 Å². The predicted octanol–water partition coefficient (Wildman–Crippen LogP) is 2.32. The van der Waals surface area contributed by atoms with Gasteiger partial charge < -0.3 is 15.8 Å². The molecule has 0 aliphatic rings. The lowest BCUT2D eigenvalue weighted by atomic mass is 10.0.